The van der Waals surface area contributed by atoms with E-state index in [9.17, 15) is 27.5 Å². The van der Waals surface area contributed by atoms with Gasteiger partial charge in [-0.05, 0) is 73.9 Å². The number of rotatable bonds is 6. The number of imidazole rings is 1. The topological polar surface area (TPSA) is 111 Å². The van der Waals surface area contributed by atoms with Crippen molar-refractivity contribution < 1.29 is 22.7 Å². The van der Waals surface area contributed by atoms with Gasteiger partial charge in [-0.3, -0.25) is 13.9 Å². The quantitative estimate of drug-likeness (QED) is 0.433. The van der Waals surface area contributed by atoms with Gasteiger partial charge in [0.1, 0.15) is 12.4 Å². The Morgan fingerprint density at radius 3 is 2.55 bits per heavy atom. The second kappa shape index (κ2) is 9.09. The van der Waals surface area contributed by atoms with Crippen LogP contribution >= 0.6 is 0 Å². The molecule has 4 rings (SSSR count). The third-order valence-corrected chi connectivity index (χ3v) is 8.47. The summed E-state index contributed by atoms with van der Waals surface area (Å²) in [5.41, 5.74) is 0.498. The monoisotopic (exact) mass is 475 g/mol. The Hall–Kier alpha value is -3.01. The minimum atomic E-state index is -3.58. The molecule has 3 unspecified atom stereocenters. The number of carbonyl (C=O) groups is 1. The Balaban J connectivity index is 1.60. The maximum atomic E-state index is 13.2. The molecule has 8 nitrogen and oxygen atoms in total. The van der Waals surface area contributed by atoms with Crippen molar-refractivity contribution in [3.05, 3.63) is 58.9 Å². The van der Waals surface area contributed by atoms with Gasteiger partial charge in [0.15, 0.2) is 15.5 Å². The smallest absolute Gasteiger partial charge is 0.331 e. The van der Waals surface area contributed by atoms with Crippen LogP contribution in [0.2, 0.25) is 0 Å². The van der Waals surface area contributed by atoms with Crippen LogP contribution in [0.4, 0.5) is 4.39 Å². The van der Waals surface area contributed by atoms with E-state index in [1.165, 1.54) is 16.7 Å². The molecule has 1 fully saturated rings. The molecule has 10 heteroatoms. The van der Waals surface area contributed by atoms with Crippen molar-refractivity contribution in [2.75, 3.05) is 5.75 Å². The number of sulfone groups is 1. The normalized spacial score (nSPS) is 21.7. The predicted octanol–water partition coefficient (Wildman–Crippen LogP) is 3.26. The predicted molar refractivity (Wildman–Crippen MR) is 120 cm³/mol. The highest BCUT2D eigenvalue weighted by Gasteiger charge is 2.32. The lowest BCUT2D eigenvalue weighted by Gasteiger charge is -2.21. The zero-order valence-electron chi connectivity index (χ0n) is 18.2. The molecular weight excluding hydrogens is 449 g/mol. The van der Waals surface area contributed by atoms with E-state index in [-0.39, 0.29) is 28.5 Å². The standard InChI is InChI=1S/C23H26FN3O5S/c1-15-4-8-18(9-5-16(15)14-33(31,32)19-10-6-17(24)7-11-19)27-22-20(3-2-12-25-22)26(23(27)30)13-21(28)29/h2-3,6-7,10-12,15-16,18H,4-5,8-9,13-14H2,1H3,(H,28,29). The van der Waals surface area contributed by atoms with Crippen LogP contribution < -0.4 is 5.69 Å². The molecule has 2 heterocycles. The van der Waals surface area contributed by atoms with Gasteiger partial charge >= 0.3 is 11.7 Å². The van der Waals surface area contributed by atoms with E-state index in [1.807, 2.05) is 6.92 Å². The molecule has 2 aromatic heterocycles. The molecule has 3 atom stereocenters. The van der Waals surface area contributed by atoms with Gasteiger partial charge in [-0.25, -0.2) is 22.6 Å². The van der Waals surface area contributed by atoms with Crippen molar-refractivity contribution in [2.45, 2.75) is 50.1 Å². The summed E-state index contributed by atoms with van der Waals surface area (Å²) in [6.45, 7) is 1.57. The Labute approximate surface area is 190 Å². The number of nitrogens with zero attached hydrogens (tertiary/aromatic N) is 3. The molecule has 176 valence electrons. The SMILES string of the molecule is CC1CCC(n2c(=O)n(CC(=O)O)c3cccnc32)CCC1CS(=O)(=O)c1ccc(F)cc1. The van der Waals surface area contributed by atoms with E-state index in [0.717, 1.165) is 18.6 Å². The second-order valence-corrected chi connectivity index (χ2v) is 10.8. The van der Waals surface area contributed by atoms with E-state index in [4.69, 9.17) is 0 Å². The molecule has 0 amide bonds. The van der Waals surface area contributed by atoms with Gasteiger partial charge in [-0.2, -0.15) is 0 Å². The van der Waals surface area contributed by atoms with Crippen molar-refractivity contribution in [3.63, 3.8) is 0 Å². The van der Waals surface area contributed by atoms with Gasteiger partial charge in [0, 0.05) is 12.2 Å². The lowest BCUT2D eigenvalue weighted by molar-refractivity contribution is -0.137. The number of fused-ring (bicyclic) bond motifs is 1. The Bertz CT molecular complexity index is 1330. The number of aromatic nitrogens is 3. The van der Waals surface area contributed by atoms with Crippen molar-refractivity contribution in [3.8, 4) is 0 Å². The summed E-state index contributed by atoms with van der Waals surface area (Å²) in [7, 11) is -3.58. The van der Waals surface area contributed by atoms with Gasteiger partial charge in [0.2, 0.25) is 0 Å². The lowest BCUT2D eigenvalue weighted by Crippen LogP contribution is -2.29. The third-order valence-electron chi connectivity index (χ3n) is 6.62. The Morgan fingerprint density at radius 1 is 1.15 bits per heavy atom. The molecule has 1 N–H and O–H groups in total. The van der Waals surface area contributed by atoms with E-state index in [1.54, 1.807) is 22.9 Å². The van der Waals surface area contributed by atoms with Crippen molar-refractivity contribution in [1.82, 2.24) is 14.1 Å². The van der Waals surface area contributed by atoms with Gasteiger partial charge in [-0.15, -0.1) is 0 Å². The molecule has 0 spiro atoms. The number of hydrogen-bond acceptors (Lipinski definition) is 5. The first kappa shape index (κ1) is 23.2. The summed E-state index contributed by atoms with van der Waals surface area (Å²) in [6, 6.07) is 8.01. The molecule has 1 aliphatic carbocycles. The molecule has 3 aromatic rings. The number of benzene rings is 1. The molecule has 0 bridgehead atoms. The summed E-state index contributed by atoms with van der Waals surface area (Å²) in [6.07, 6.45) is 4.13. The molecule has 0 aliphatic heterocycles. The summed E-state index contributed by atoms with van der Waals surface area (Å²) in [5, 5.41) is 9.24. The number of pyridine rings is 1. The van der Waals surface area contributed by atoms with Gasteiger partial charge in [-0.1, -0.05) is 6.92 Å². The number of halogens is 1. The maximum Gasteiger partial charge on any atom is 0.331 e. The molecule has 0 saturated heterocycles. The van der Waals surface area contributed by atoms with Crippen LogP contribution in [-0.2, 0) is 21.2 Å². The molecular formula is C23H26FN3O5S. The van der Waals surface area contributed by atoms with Crippen LogP contribution in [-0.4, -0.2) is 39.4 Å². The Kier molecular flexibility index (Phi) is 6.38. The number of carboxylic acids is 1. The molecule has 1 aliphatic rings. The van der Waals surface area contributed by atoms with E-state index >= 15 is 0 Å². The number of aliphatic carboxylic acids is 1. The largest absolute Gasteiger partial charge is 0.480 e. The first-order valence-electron chi connectivity index (χ1n) is 10.9. The van der Waals surface area contributed by atoms with Crippen LogP contribution in [0.15, 0.2) is 52.3 Å². The van der Waals surface area contributed by atoms with Gasteiger partial charge < -0.3 is 5.11 Å². The fourth-order valence-electron chi connectivity index (χ4n) is 4.78. The van der Waals surface area contributed by atoms with Gasteiger partial charge in [0.05, 0.1) is 16.2 Å². The highest BCUT2D eigenvalue weighted by atomic mass is 32.2. The van der Waals surface area contributed by atoms with Crippen LogP contribution in [0.25, 0.3) is 11.2 Å². The molecule has 1 saturated carbocycles. The number of carboxylic acid groups (broad SMARTS) is 1. The molecule has 33 heavy (non-hydrogen) atoms. The highest BCUT2D eigenvalue weighted by molar-refractivity contribution is 7.91. The number of hydrogen-bond donors (Lipinski definition) is 1. The summed E-state index contributed by atoms with van der Waals surface area (Å²) in [5.74, 6) is -1.64. The molecule has 1 aromatic carbocycles. The van der Waals surface area contributed by atoms with Gasteiger partial charge in [0.25, 0.3) is 0 Å². The van der Waals surface area contributed by atoms with E-state index in [2.05, 4.69) is 4.98 Å². The third kappa shape index (κ3) is 4.71. The zero-order chi connectivity index (χ0) is 23.8. The fraction of sp³-hybridized carbons (Fsp3) is 0.435. The fourth-order valence-corrected chi connectivity index (χ4v) is 6.58. The van der Waals surface area contributed by atoms with Crippen LogP contribution in [0.1, 0.15) is 38.6 Å². The highest BCUT2D eigenvalue weighted by Crippen LogP contribution is 2.36. The van der Waals surface area contributed by atoms with Crippen molar-refractivity contribution in [1.29, 1.82) is 0 Å². The summed E-state index contributed by atoms with van der Waals surface area (Å²) >= 11 is 0. The van der Waals surface area contributed by atoms with Crippen LogP contribution in [0.5, 0.6) is 0 Å². The first-order valence-corrected chi connectivity index (χ1v) is 12.6. The average Bonchev–Trinajstić information content (AvgIpc) is 2.91. The Morgan fingerprint density at radius 2 is 1.85 bits per heavy atom. The zero-order valence-corrected chi connectivity index (χ0v) is 19.0. The van der Waals surface area contributed by atoms with Crippen molar-refractivity contribution >= 4 is 27.0 Å². The van der Waals surface area contributed by atoms with Crippen LogP contribution in [0.3, 0.4) is 0 Å². The summed E-state index contributed by atoms with van der Waals surface area (Å²) in [4.78, 5) is 28.9. The lowest BCUT2D eigenvalue weighted by atomic mass is 9.91. The van der Waals surface area contributed by atoms with Crippen LogP contribution in [0, 0.1) is 17.7 Å². The minimum absolute atomic E-state index is 0.0412. The molecule has 0 radical (unpaired) electrons. The minimum Gasteiger partial charge on any atom is -0.480 e. The van der Waals surface area contributed by atoms with E-state index in [0.29, 0.717) is 30.4 Å². The van der Waals surface area contributed by atoms with E-state index < -0.39 is 33.9 Å². The summed E-state index contributed by atoms with van der Waals surface area (Å²) < 4.78 is 41.8. The first-order chi connectivity index (χ1) is 15.7. The second-order valence-electron chi connectivity index (χ2n) is 8.76. The maximum absolute atomic E-state index is 13.2. The van der Waals surface area contributed by atoms with Crippen molar-refractivity contribution in [2.24, 2.45) is 11.8 Å². The average molecular weight is 476 g/mol.